The smallest absolute Gasteiger partial charge is 0.244 e. The number of sulfonamides is 1. The van der Waals surface area contributed by atoms with E-state index in [2.05, 4.69) is 19.2 Å². The van der Waals surface area contributed by atoms with Crippen LogP contribution in [0.25, 0.3) is 0 Å². The van der Waals surface area contributed by atoms with Gasteiger partial charge in [-0.25, -0.2) is 8.42 Å². The van der Waals surface area contributed by atoms with E-state index in [-0.39, 0.29) is 29.8 Å². The van der Waals surface area contributed by atoms with E-state index in [1.165, 1.54) is 4.31 Å². The van der Waals surface area contributed by atoms with Crippen LogP contribution in [0, 0.1) is 27.7 Å². The van der Waals surface area contributed by atoms with Gasteiger partial charge < -0.3 is 5.32 Å². The van der Waals surface area contributed by atoms with Crippen LogP contribution < -0.4 is 5.32 Å². The summed E-state index contributed by atoms with van der Waals surface area (Å²) in [4.78, 5) is 13.5. The molecule has 0 saturated heterocycles. The van der Waals surface area contributed by atoms with E-state index >= 15 is 0 Å². The molecule has 0 bridgehead atoms. The minimum Gasteiger partial charge on any atom is -0.324 e. The van der Waals surface area contributed by atoms with Crippen LogP contribution in [0.3, 0.4) is 0 Å². The molecule has 0 heterocycles. The van der Waals surface area contributed by atoms with Crippen molar-refractivity contribution in [1.82, 2.24) is 4.31 Å². The summed E-state index contributed by atoms with van der Waals surface area (Å²) in [5, 5.41) is 3.01. The molecule has 3 aromatic carbocycles. The third-order valence-corrected chi connectivity index (χ3v) is 8.36. The SMILES string of the molecule is Cc1cc(C)c(S(=O)(=O)N(CCc2ccccc2)CC(=O)Nc2c(C)cccc2C(C)C)c(C)c1. The number of aryl methyl sites for hydroxylation is 4. The number of benzene rings is 3. The molecule has 1 N–H and O–H groups in total. The topological polar surface area (TPSA) is 66.5 Å². The van der Waals surface area contributed by atoms with E-state index < -0.39 is 10.0 Å². The van der Waals surface area contributed by atoms with Gasteiger partial charge in [0.2, 0.25) is 15.9 Å². The van der Waals surface area contributed by atoms with Gasteiger partial charge in [0.15, 0.2) is 0 Å². The van der Waals surface area contributed by atoms with Gasteiger partial charge in [-0.15, -0.1) is 0 Å². The summed E-state index contributed by atoms with van der Waals surface area (Å²) in [6, 6.07) is 19.4. The fourth-order valence-corrected chi connectivity index (χ4v) is 6.38. The first kappa shape index (κ1) is 26.6. The molecule has 35 heavy (non-hydrogen) atoms. The zero-order chi connectivity index (χ0) is 25.8. The summed E-state index contributed by atoms with van der Waals surface area (Å²) in [6.45, 7) is 11.6. The number of hydrogen-bond acceptors (Lipinski definition) is 3. The Morgan fingerprint density at radius 1 is 0.886 bits per heavy atom. The monoisotopic (exact) mass is 492 g/mol. The normalized spacial score (nSPS) is 11.8. The minimum absolute atomic E-state index is 0.206. The van der Waals surface area contributed by atoms with Gasteiger partial charge in [0, 0.05) is 12.2 Å². The molecule has 1 amide bonds. The van der Waals surface area contributed by atoms with Crippen molar-refractivity contribution in [2.75, 3.05) is 18.4 Å². The highest BCUT2D eigenvalue weighted by Crippen LogP contribution is 2.28. The largest absolute Gasteiger partial charge is 0.324 e. The number of carbonyl (C=O) groups is 1. The number of nitrogens with one attached hydrogen (secondary N) is 1. The standard InChI is InChI=1S/C29H36N2O3S/c1-20(2)26-14-10-11-22(4)28(26)30-27(32)19-31(16-15-25-12-8-7-9-13-25)35(33,34)29-23(5)17-21(3)18-24(29)6/h7-14,17-18,20H,15-16,19H2,1-6H3,(H,30,32). The van der Waals surface area contributed by atoms with Gasteiger partial charge in [0.25, 0.3) is 0 Å². The molecule has 5 nitrogen and oxygen atoms in total. The van der Waals surface area contributed by atoms with E-state index in [0.29, 0.717) is 17.5 Å². The zero-order valence-electron chi connectivity index (χ0n) is 21.6. The highest BCUT2D eigenvalue weighted by molar-refractivity contribution is 7.89. The van der Waals surface area contributed by atoms with Gasteiger partial charge >= 0.3 is 0 Å². The van der Waals surface area contributed by atoms with Crippen molar-refractivity contribution in [3.8, 4) is 0 Å². The molecule has 3 rings (SSSR count). The van der Waals surface area contributed by atoms with Crippen LogP contribution in [-0.4, -0.2) is 31.7 Å². The fraction of sp³-hybridized carbons (Fsp3) is 0.345. The van der Waals surface area contributed by atoms with Gasteiger partial charge in [-0.1, -0.05) is 80.1 Å². The number of para-hydroxylation sites is 1. The molecule has 0 unspecified atom stereocenters. The third-order valence-electron chi connectivity index (χ3n) is 6.21. The quantitative estimate of drug-likeness (QED) is 0.403. The van der Waals surface area contributed by atoms with Crippen LogP contribution in [0.4, 0.5) is 5.69 Å². The number of hydrogen-bond donors (Lipinski definition) is 1. The Morgan fingerprint density at radius 2 is 1.51 bits per heavy atom. The molecule has 0 aliphatic carbocycles. The van der Waals surface area contributed by atoms with Gasteiger partial charge in [-0.2, -0.15) is 4.31 Å². The predicted octanol–water partition coefficient (Wildman–Crippen LogP) is 5.92. The second-order valence-corrected chi connectivity index (χ2v) is 11.4. The molecular weight excluding hydrogens is 456 g/mol. The van der Waals surface area contributed by atoms with Crippen LogP contribution in [0.5, 0.6) is 0 Å². The van der Waals surface area contributed by atoms with Gasteiger partial charge in [0.05, 0.1) is 11.4 Å². The van der Waals surface area contributed by atoms with Crippen molar-refractivity contribution in [3.63, 3.8) is 0 Å². The van der Waals surface area contributed by atoms with Crippen molar-refractivity contribution in [2.45, 2.75) is 58.8 Å². The van der Waals surface area contributed by atoms with Crippen molar-refractivity contribution in [2.24, 2.45) is 0 Å². The van der Waals surface area contributed by atoms with E-state index in [4.69, 9.17) is 0 Å². The summed E-state index contributed by atoms with van der Waals surface area (Å²) in [5.74, 6) is -0.124. The summed E-state index contributed by atoms with van der Waals surface area (Å²) in [6.07, 6.45) is 0.513. The maximum absolute atomic E-state index is 13.9. The molecule has 186 valence electrons. The summed E-state index contributed by atoms with van der Waals surface area (Å²) >= 11 is 0. The maximum Gasteiger partial charge on any atom is 0.244 e. The highest BCUT2D eigenvalue weighted by Gasteiger charge is 2.30. The van der Waals surface area contributed by atoms with Crippen molar-refractivity contribution < 1.29 is 13.2 Å². The Balaban J connectivity index is 1.94. The molecule has 3 aromatic rings. The summed E-state index contributed by atoms with van der Waals surface area (Å²) in [7, 11) is -3.90. The zero-order valence-corrected chi connectivity index (χ0v) is 22.4. The molecule has 0 spiro atoms. The molecule has 0 aliphatic heterocycles. The highest BCUT2D eigenvalue weighted by atomic mass is 32.2. The maximum atomic E-state index is 13.9. The van der Waals surface area contributed by atoms with E-state index in [1.54, 1.807) is 0 Å². The molecule has 0 radical (unpaired) electrons. The molecule has 6 heteroatoms. The van der Waals surface area contributed by atoms with Gasteiger partial charge in [0.1, 0.15) is 0 Å². The molecule has 0 aromatic heterocycles. The lowest BCUT2D eigenvalue weighted by Gasteiger charge is -2.25. The minimum atomic E-state index is -3.90. The van der Waals surface area contributed by atoms with E-state index in [9.17, 15) is 13.2 Å². The second kappa shape index (κ2) is 11.2. The second-order valence-electron chi connectivity index (χ2n) is 9.54. The van der Waals surface area contributed by atoms with Crippen molar-refractivity contribution >= 4 is 21.6 Å². The fourth-order valence-electron chi connectivity index (χ4n) is 4.57. The van der Waals surface area contributed by atoms with Crippen LogP contribution >= 0.6 is 0 Å². The third kappa shape index (κ3) is 6.38. The summed E-state index contributed by atoms with van der Waals surface area (Å²) in [5.41, 5.74) is 6.15. The first-order chi connectivity index (χ1) is 16.5. The Hall–Kier alpha value is -2.96. The molecule has 0 aliphatic rings. The number of nitrogens with zero attached hydrogens (tertiary/aromatic N) is 1. The first-order valence-corrected chi connectivity index (χ1v) is 13.5. The lowest BCUT2D eigenvalue weighted by molar-refractivity contribution is -0.116. The first-order valence-electron chi connectivity index (χ1n) is 12.0. The average molecular weight is 493 g/mol. The Bertz CT molecular complexity index is 1280. The van der Waals surface area contributed by atoms with Crippen molar-refractivity contribution in [3.05, 3.63) is 94.0 Å². The van der Waals surface area contributed by atoms with E-state index in [0.717, 1.165) is 27.9 Å². The van der Waals surface area contributed by atoms with Gasteiger partial charge in [-0.3, -0.25) is 4.79 Å². The Morgan fingerprint density at radius 3 is 2.11 bits per heavy atom. The van der Waals surface area contributed by atoms with E-state index in [1.807, 2.05) is 88.4 Å². The molecular formula is C29H36N2O3S. The van der Waals surface area contributed by atoms with Crippen LogP contribution in [-0.2, 0) is 21.2 Å². The predicted molar refractivity (Wildman–Crippen MR) is 143 cm³/mol. The van der Waals surface area contributed by atoms with Crippen LogP contribution in [0.1, 0.15) is 53.1 Å². The number of amides is 1. The Labute approximate surface area is 210 Å². The summed E-state index contributed by atoms with van der Waals surface area (Å²) < 4.78 is 29.1. The lowest BCUT2D eigenvalue weighted by Crippen LogP contribution is -2.40. The molecule has 0 atom stereocenters. The number of rotatable bonds is 9. The molecule has 0 saturated carbocycles. The van der Waals surface area contributed by atoms with Crippen molar-refractivity contribution in [1.29, 1.82) is 0 Å². The lowest BCUT2D eigenvalue weighted by atomic mass is 9.98. The number of carbonyl (C=O) groups excluding carboxylic acids is 1. The molecule has 0 fully saturated rings. The average Bonchev–Trinajstić information content (AvgIpc) is 2.77. The van der Waals surface area contributed by atoms with Crippen LogP contribution in [0.15, 0.2) is 65.6 Å². The Kier molecular flexibility index (Phi) is 8.51. The number of anilines is 1. The van der Waals surface area contributed by atoms with Gasteiger partial charge in [-0.05, 0) is 67.9 Å². The van der Waals surface area contributed by atoms with Crippen LogP contribution in [0.2, 0.25) is 0 Å².